The van der Waals surface area contributed by atoms with Crippen LogP contribution in [0.3, 0.4) is 0 Å². The van der Waals surface area contributed by atoms with Gasteiger partial charge in [-0.3, -0.25) is 0 Å². The van der Waals surface area contributed by atoms with E-state index in [1.165, 1.54) is 0 Å². The van der Waals surface area contributed by atoms with E-state index in [9.17, 15) is 13.4 Å². The number of rotatable bonds is 7. The van der Waals surface area contributed by atoms with Crippen LogP contribution in [0.1, 0.15) is 39.2 Å². The van der Waals surface area contributed by atoms with Crippen LogP contribution in [0.4, 0.5) is 9.18 Å². The van der Waals surface area contributed by atoms with E-state index in [0.717, 1.165) is 5.56 Å². The zero-order valence-electron chi connectivity index (χ0n) is 14.4. The predicted molar refractivity (Wildman–Crippen MR) is 104 cm³/mol. The van der Waals surface area contributed by atoms with E-state index in [0.29, 0.717) is 23.7 Å². The second kappa shape index (κ2) is 9.93. The van der Waals surface area contributed by atoms with Crippen LogP contribution in [0, 0.1) is 5.82 Å². The van der Waals surface area contributed by atoms with Gasteiger partial charge >= 0.3 is 164 Å². The summed E-state index contributed by atoms with van der Waals surface area (Å²) in [5.74, 6) is -0.360. The molecule has 1 atom stereocenters. The third kappa shape index (κ3) is 9.06. The topological polar surface area (TPSA) is 55.4 Å². The molecule has 0 unspecified atom stereocenters. The van der Waals surface area contributed by atoms with Crippen LogP contribution in [0.15, 0.2) is 16.6 Å². The van der Waals surface area contributed by atoms with Crippen LogP contribution in [0.2, 0.25) is 5.02 Å². The molecule has 1 amide bonds. The maximum atomic E-state index is 13.5. The molecule has 0 aliphatic rings. The van der Waals surface area contributed by atoms with Gasteiger partial charge in [-0.25, -0.2) is 0 Å². The Morgan fingerprint density at radius 3 is 2.64 bits per heavy atom. The molecule has 0 aromatic heterocycles. The van der Waals surface area contributed by atoms with Gasteiger partial charge in [-0.15, -0.1) is 0 Å². The van der Waals surface area contributed by atoms with Crippen LogP contribution >= 0.6 is 27.5 Å². The zero-order valence-corrected chi connectivity index (χ0v) is 17.6. The number of hydrogen-bond acceptors (Lipinski definition) is 4. The van der Waals surface area contributed by atoms with Gasteiger partial charge in [0, 0.05) is 0 Å². The van der Waals surface area contributed by atoms with E-state index in [2.05, 4.69) is 21.2 Å². The van der Waals surface area contributed by atoms with Crippen LogP contribution in [-0.2, 0) is 25.6 Å². The molecule has 0 spiro atoms. The molecule has 139 valence electrons. The number of carbonyl (C=O) groups is 1. The van der Waals surface area contributed by atoms with Crippen molar-refractivity contribution < 1.29 is 18.1 Å². The molecule has 0 fully saturated rings. The molecule has 1 aromatic rings. The third-order valence-corrected chi connectivity index (χ3v) is 4.73. The van der Waals surface area contributed by atoms with Crippen molar-refractivity contribution in [2.24, 2.45) is 0 Å². The summed E-state index contributed by atoms with van der Waals surface area (Å²) in [5.41, 5.74) is 0.247. The summed E-state index contributed by atoms with van der Waals surface area (Å²) in [6.45, 7) is 10.6. The number of ether oxygens (including phenoxy) is 1. The molecule has 0 aliphatic carbocycles. The van der Waals surface area contributed by atoms with Gasteiger partial charge in [-0.2, -0.15) is 0 Å². The molecule has 1 rings (SSSR count). The molecule has 9 heteroatoms. The Balaban J connectivity index is 2.63. The molecule has 0 saturated heterocycles. The van der Waals surface area contributed by atoms with Gasteiger partial charge in [0.05, 0.1) is 0 Å². The first-order valence-corrected chi connectivity index (χ1v) is 10.3. The Hall–Kier alpha value is -0.595. The first kappa shape index (κ1) is 22.4. The van der Waals surface area contributed by atoms with E-state index in [1.54, 1.807) is 32.9 Å². The van der Waals surface area contributed by atoms with Gasteiger partial charge in [0.2, 0.25) is 0 Å². The summed E-state index contributed by atoms with van der Waals surface area (Å²) < 4.78 is 30.3. The summed E-state index contributed by atoms with van der Waals surface area (Å²) in [6.07, 6.45) is 1.28. The monoisotopic (exact) mass is 451 g/mol. The van der Waals surface area contributed by atoms with Gasteiger partial charge in [-0.1, -0.05) is 0 Å². The van der Waals surface area contributed by atoms with Crippen molar-refractivity contribution in [1.29, 1.82) is 0 Å². The summed E-state index contributed by atoms with van der Waals surface area (Å²) in [5, 5.41) is 2.75. The fourth-order valence-electron chi connectivity index (χ4n) is 2.17. The van der Waals surface area contributed by atoms with Crippen molar-refractivity contribution in [2.75, 3.05) is 5.75 Å². The van der Waals surface area contributed by atoms with Crippen LogP contribution < -0.4 is 5.32 Å². The van der Waals surface area contributed by atoms with E-state index in [-0.39, 0.29) is 16.8 Å². The average molecular weight is 453 g/mol. The number of amides is 1. The Morgan fingerprint density at radius 2 is 2.12 bits per heavy atom. The fourth-order valence-corrected chi connectivity index (χ4v) is 3.68. The number of aryl methyl sites for hydroxylation is 1. The van der Waals surface area contributed by atoms with Crippen LogP contribution in [-0.4, -0.2) is 30.2 Å². The van der Waals surface area contributed by atoms with Gasteiger partial charge in [0.15, 0.2) is 0 Å². The summed E-state index contributed by atoms with van der Waals surface area (Å²) in [4.78, 5) is 11.9. The molecule has 0 saturated carbocycles. The SMILES string of the molecule is [B]=[S-](=O)C[C@@H](CCCc1cc(Cl)c(F)c(Br)c1)NC(=O)OC(C)(C)C. The summed E-state index contributed by atoms with van der Waals surface area (Å²) in [6, 6.07) is 2.86. The van der Waals surface area contributed by atoms with Crippen molar-refractivity contribution in [1.82, 2.24) is 5.32 Å². The first-order valence-electron chi connectivity index (χ1n) is 7.73. The van der Waals surface area contributed by atoms with Crippen molar-refractivity contribution in [2.45, 2.75) is 51.7 Å². The number of halogens is 3. The molecular weight excluding hydrogens is 431 g/mol. The average Bonchev–Trinajstić information content (AvgIpc) is 2.41. The number of hydrogen-bond donors (Lipinski definition) is 1. The minimum absolute atomic E-state index is 0.0517. The van der Waals surface area contributed by atoms with Crippen molar-refractivity contribution >= 4 is 50.6 Å². The van der Waals surface area contributed by atoms with Gasteiger partial charge in [0.25, 0.3) is 0 Å². The van der Waals surface area contributed by atoms with E-state index in [4.69, 9.17) is 23.1 Å². The summed E-state index contributed by atoms with van der Waals surface area (Å²) in [7, 11) is -1.54. The molecule has 0 bridgehead atoms. The quantitative estimate of drug-likeness (QED) is 0.376. The van der Waals surface area contributed by atoms with Gasteiger partial charge < -0.3 is 0 Å². The zero-order chi connectivity index (χ0) is 19.2. The van der Waals surface area contributed by atoms with Gasteiger partial charge in [0.1, 0.15) is 0 Å². The molecule has 0 aliphatic heterocycles. The van der Waals surface area contributed by atoms with Crippen LogP contribution in [0.25, 0.3) is 0 Å². The van der Waals surface area contributed by atoms with Crippen molar-refractivity contribution in [3.8, 4) is 0 Å². The number of benzene rings is 1. The second-order valence-electron chi connectivity index (χ2n) is 6.66. The Morgan fingerprint density at radius 1 is 1.48 bits per heavy atom. The number of alkyl carbamates (subject to hydrolysis) is 1. The fraction of sp³-hybridized carbons (Fsp3) is 0.562. The van der Waals surface area contributed by atoms with E-state index >= 15 is 0 Å². The molecule has 4 nitrogen and oxygen atoms in total. The van der Waals surface area contributed by atoms with Crippen molar-refractivity contribution in [3.63, 3.8) is 0 Å². The summed E-state index contributed by atoms with van der Waals surface area (Å²) >= 11 is 8.95. The maximum absolute atomic E-state index is 13.5. The molecule has 1 radical (unpaired) electrons. The van der Waals surface area contributed by atoms with Crippen molar-refractivity contribution in [3.05, 3.63) is 33.0 Å². The Labute approximate surface area is 164 Å². The Kier molecular flexibility index (Phi) is 8.91. The van der Waals surface area contributed by atoms with E-state index < -0.39 is 27.7 Å². The second-order valence-corrected chi connectivity index (χ2v) is 9.01. The number of carbonyl (C=O) groups excluding carboxylic acids is 1. The number of nitrogens with one attached hydrogen (secondary N) is 1. The molecule has 1 aromatic carbocycles. The molecular formula is C16H21BBrClFNO3S-. The predicted octanol–water partition coefficient (Wildman–Crippen LogP) is 4.50. The third-order valence-electron chi connectivity index (χ3n) is 3.15. The molecule has 0 heterocycles. The Bertz CT molecular complexity index is 663. The first-order chi connectivity index (χ1) is 11.5. The normalized spacial score (nSPS) is 12.9. The molecule has 25 heavy (non-hydrogen) atoms. The minimum atomic E-state index is -1.54. The standard InChI is InChI=1S/C16H21BBrClFNO3S/c1-16(2,3)24-15(22)21-11(9-25(17)23)6-4-5-10-7-12(18)14(20)13(19)8-10/h7-8,11H,4-6,9H2,1-3H3,(H,21,22)/q-1/t11-/m1/s1. The van der Waals surface area contributed by atoms with E-state index in [1.807, 2.05) is 0 Å². The van der Waals surface area contributed by atoms with Gasteiger partial charge in [-0.05, 0) is 0 Å². The molecule has 1 N–H and O–H groups in total. The van der Waals surface area contributed by atoms with Crippen LogP contribution in [0.5, 0.6) is 0 Å².